The molecule has 0 atom stereocenters. The summed E-state index contributed by atoms with van der Waals surface area (Å²) in [6.07, 6.45) is -4.49. The van der Waals surface area contributed by atoms with Crippen LogP contribution < -0.4 is 0 Å². The molecule has 0 aliphatic carbocycles. The fourth-order valence-corrected chi connectivity index (χ4v) is 1.21. The SMILES string of the molecule is CC.Fc1cc(CBr)cc(C(F)(F)F)c1. The second kappa shape index (κ2) is 6.10. The predicted molar refractivity (Wildman–Crippen MR) is 55.4 cm³/mol. The van der Waals surface area contributed by atoms with E-state index in [1.54, 1.807) is 0 Å². The normalized spacial score (nSPS) is 10.6. The zero-order chi connectivity index (χ0) is 12.1. The first-order valence-corrected chi connectivity index (χ1v) is 5.48. The Morgan fingerprint density at radius 2 is 1.67 bits per heavy atom. The van der Waals surface area contributed by atoms with Crippen molar-refractivity contribution in [3.05, 3.63) is 35.1 Å². The summed E-state index contributed by atoms with van der Waals surface area (Å²) in [6.45, 7) is 4.00. The van der Waals surface area contributed by atoms with Crippen LogP contribution in [0.15, 0.2) is 18.2 Å². The molecule has 0 saturated carbocycles. The Hall–Kier alpha value is -0.580. The first-order valence-electron chi connectivity index (χ1n) is 4.36. The van der Waals surface area contributed by atoms with E-state index in [1.807, 2.05) is 13.8 Å². The van der Waals surface area contributed by atoms with Gasteiger partial charge in [-0.2, -0.15) is 13.2 Å². The van der Waals surface area contributed by atoms with Gasteiger partial charge in [0.15, 0.2) is 0 Å². The van der Waals surface area contributed by atoms with E-state index in [4.69, 9.17) is 0 Å². The molecule has 0 amide bonds. The van der Waals surface area contributed by atoms with Gasteiger partial charge >= 0.3 is 6.18 Å². The molecule has 0 aliphatic heterocycles. The number of benzene rings is 1. The van der Waals surface area contributed by atoms with Crippen molar-refractivity contribution in [2.24, 2.45) is 0 Å². The molecular weight excluding hydrogens is 276 g/mol. The van der Waals surface area contributed by atoms with Crippen molar-refractivity contribution in [3.63, 3.8) is 0 Å². The molecule has 0 fully saturated rings. The van der Waals surface area contributed by atoms with Crippen molar-refractivity contribution < 1.29 is 17.6 Å². The molecule has 0 N–H and O–H groups in total. The molecule has 0 radical (unpaired) electrons. The summed E-state index contributed by atoms with van der Waals surface area (Å²) in [7, 11) is 0. The number of rotatable bonds is 1. The summed E-state index contributed by atoms with van der Waals surface area (Å²) < 4.78 is 48.9. The van der Waals surface area contributed by atoms with Crippen molar-refractivity contribution in [2.75, 3.05) is 0 Å². The molecule has 5 heteroatoms. The Morgan fingerprint density at radius 3 is 2.07 bits per heavy atom. The van der Waals surface area contributed by atoms with Crippen molar-refractivity contribution in [3.8, 4) is 0 Å². The lowest BCUT2D eigenvalue weighted by molar-refractivity contribution is -0.137. The number of hydrogen-bond acceptors (Lipinski definition) is 0. The molecule has 0 spiro atoms. The number of alkyl halides is 4. The maximum atomic E-state index is 12.6. The minimum Gasteiger partial charge on any atom is -0.207 e. The fraction of sp³-hybridized carbons (Fsp3) is 0.400. The van der Waals surface area contributed by atoms with Gasteiger partial charge in [0.05, 0.1) is 5.56 Å². The van der Waals surface area contributed by atoms with Gasteiger partial charge in [-0.25, -0.2) is 4.39 Å². The maximum Gasteiger partial charge on any atom is 0.416 e. The molecule has 0 bridgehead atoms. The summed E-state index contributed by atoms with van der Waals surface area (Å²) in [6, 6.07) is 2.45. The molecule has 1 rings (SSSR count). The minimum absolute atomic E-state index is 0.202. The smallest absolute Gasteiger partial charge is 0.207 e. The Kier molecular flexibility index (Phi) is 5.87. The molecule has 0 saturated heterocycles. The largest absolute Gasteiger partial charge is 0.416 e. The predicted octanol–water partition coefficient (Wildman–Crippen LogP) is 4.77. The minimum atomic E-state index is -4.49. The highest BCUT2D eigenvalue weighted by atomic mass is 79.9. The van der Waals surface area contributed by atoms with Gasteiger partial charge in [-0.1, -0.05) is 29.8 Å². The highest BCUT2D eigenvalue weighted by molar-refractivity contribution is 9.08. The van der Waals surface area contributed by atoms with E-state index >= 15 is 0 Å². The fourth-order valence-electron chi connectivity index (χ4n) is 0.891. The zero-order valence-corrected chi connectivity index (χ0v) is 9.91. The first kappa shape index (κ1) is 14.4. The van der Waals surface area contributed by atoms with E-state index in [-0.39, 0.29) is 10.9 Å². The molecule has 0 aliphatic rings. The van der Waals surface area contributed by atoms with Gasteiger partial charge in [0.25, 0.3) is 0 Å². The molecule has 0 aromatic heterocycles. The third-order valence-corrected chi connectivity index (χ3v) is 2.09. The topological polar surface area (TPSA) is 0 Å². The summed E-state index contributed by atoms with van der Waals surface area (Å²) in [5.41, 5.74) is -0.686. The monoisotopic (exact) mass is 286 g/mol. The van der Waals surface area contributed by atoms with Gasteiger partial charge in [-0.05, 0) is 23.8 Å². The summed E-state index contributed by atoms with van der Waals surface area (Å²) >= 11 is 2.96. The van der Waals surface area contributed by atoms with Gasteiger partial charge in [-0.3, -0.25) is 0 Å². The Labute approximate surface area is 94.4 Å². The van der Waals surface area contributed by atoms with Crippen LogP contribution in [0.2, 0.25) is 0 Å². The molecule has 0 unspecified atom stereocenters. The summed E-state index contributed by atoms with van der Waals surface area (Å²) in [5.74, 6) is -0.871. The lowest BCUT2D eigenvalue weighted by atomic mass is 10.1. The molecule has 86 valence electrons. The average Bonchev–Trinajstić information content (AvgIpc) is 2.18. The van der Waals surface area contributed by atoms with Crippen molar-refractivity contribution in [1.29, 1.82) is 0 Å². The van der Waals surface area contributed by atoms with E-state index in [1.165, 1.54) is 0 Å². The molecule has 0 nitrogen and oxygen atoms in total. The zero-order valence-electron chi connectivity index (χ0n) is 8.33. The van der Waals surface area contributed by atoms with E-state index < -0.39 is 17.6 Å². The molecular formula is C10H11BrF4. The van der Waals surface area contributed by atoms with Gasteiger partial charge in [0, 0.05) is 5.33 Å². The van der Waals surface area contributed by atoms with Crippen LogP contribution in [0, 0.1) is 5.82 Å². The van der Waals surface area contributed by atoms with Crippen LogP contribution in [0.5, 0.6) is 0 Å². The Morgan fingerprint density at radius 1 is 1.13 bits per heavy atom. The third kappa shape index (κ3) is 4.64. The second-order valence-electron chi connectivity index (χ2n) is 2.48. The molecule has 15 heavy (non-hydrogen) atoms. The standard InChI is InChI=1S/C8H5BrF4.C2H6/c9-4-5-1-6(8(11,12)13)3-7(10)2-5;1-2/h1-3H,4H2;1-2H3. The Balaban J connectivity index is 0.000000921. The van der Waals surface area contributed by atoms with Gasteiger partial charge < -0.3 is 0 Å². The van der Waals surface area contributed by atoms with Gasteiger partial charge in [0.1, 0.15) is 5.82 Å². The molecule has 1 aromatic carbocycles. The van der Waals surface area contributed by atoms with Gasteiger partial charge in [-0.15, -0.1) is 0 Å². The number of halogens is 5. The third-order valence-electron chi connectivity index (χ3n) is 1.44. The average molecular weight is 287 g/mol. The highest BCUT2D eigenvalue weighted by Gasteiger charge is 2.31. The van der Waals surface area contributed by atoms with Crippen molar-refractivity contribution in [1.82, 2.24) is 0 Å². The maximum absolute atomic E-state index is 12.6. The van der Waals surface area contributed by atoms with Gasteiger partial charge in [0.2, 0.25) is 0 Å². The second-order valence-corrected chi connectivity index (χ2v) is 3.04. The molecule has 0 heterocycles. The van der Waals surface area contributed by atoms with Crippen LogP contribution in [-0.2, 0) is 11.5 Å². The highest BCUT2D eigenvalue weighted by Crippen LogP contribution is 2.30. The number of hydrogen-bond donors (Lipinski definition) is 0. The molecule has 1 aromatic rings. The van der Waals surface area contributed by atoms with E-state index in [0.29, 0.717) is 6.07 Å². The van der Waals surface area contributed by atoms with Crippen molar-refractivity contribution in [2.45, 2.75) is 25.4 Å². The van der Waals surface area contributed by atoms with E-state index in [0.717, 1.165) is 12.1 Å². The lowest BCUT2D eigenvalue weighted by Crippen LogP contribution is -2.05. The quantitative estimate of drug-likeness (QED) is 0.515. The van der Waals surface area contributed by atoms with Crippen LogP contribution in [0.4, 0.5) is 17.6 Å². The van der Waals surface area contributed by atoms with E-state index in [2.05, 4.69) is 15.9 Å². The lowest BCUT2D eigenvalue weighted by Gasteiger charge is -2.07. The van der Waals surface area contributed by atoms with Crippen LogP contribution in [-0.4, -0.2) is 0 Å². The van der Waals surface area contributed by atoms with Crippen LogP contribution >= 0.6 is 15.9 Å². The Bertz CT molecular complexity index is 307. The summed E-state index contributed by atoms with van der Waals surface area (Å²) in [5, 5.41) is 0.202. The van der Waals surface area contributed by atoms with Crippen molar-refractivity contribution >= 4 is 15.9 Å². The van der Waals surface area contributed by atoms with Crippen LogP contribution in [0.25, 0.3) is 0 Å². The van der Waals surface area contributed by atoms with Crippen LogP contribution in [0.1, 0.15) is 25.0 Å². The van der Waals surface area contributed by atoms with Crippen LogP contribution in [0.3, 0.4) is 0 Å². The first-order chi connectivity index (χ1) is 6.93. The summed E-state index contributed by atoms with van der Waals surface area (Å²) in [4.78, 5) is 0. The van der Waals surface area contributed by atoms with E-state index in [9.17, 15) is 17.6 Å².